The first-order valence-electron chi connectivity index (χ1n) is 7.69. The van der Waals surface area contributed by atoms with E-state index in [1.165, 1.54) is 11.8 Å². The first-order valence-corrected chi connectivity index (χ1v) is 7.69. The van der Waals surface area contributed by atoms with Gasteiger partial charge < -0.3 is 24.4 Å². The van der Waals surface area contributed by atoms with Crippen LogP contribution < -0.4 is 19.7 Å². The Morgan fingerprint density at radius 2 is 2.13 bits per heavy atom. The zero-order valence-electron chi connectivity index (χ0n) is 13.0. The van der Waals surface area contributed by atoms with Gasteiger partial charge in [0.05, 0.1) is 6.10 Å². The zero-order valence-corrected chi connectivity index (χ0v) is 13.0. The lowest BCUT2D eigenvalue weighted by atomic mass is 10.2. The summed E-state index contributed by atoms with van der Waals surface area (Å²) < 4.78 is 16.0. The van der Waals surface area contributed by atoms with E-state index in [9.17, 15) is 9.59 Å². The molecule has 1 aromatic rings. The Morgan fingerprint density at radius 1 is 1.30 bits per heavy atom. The predicted molar refractivity (Wildman–Crippen MR) is 82.6 cm³/mol. The molecule has 2 aliphatic heterocycles. The monoisotopic (exact) mass is 320 g/mol. The number of amides is 2. The number of carbonyl (C=O) groups is 2. The molecule has 1 aromatic carbocycles. The van der Waals surface area contributed by atoms with Crippen LogP contribution in [0.25, 0.3) is 0 Å². The van der Waals surface area contributed by atoms with Gasteiger partial charge in [0.15, 0.2) is 11.5 Å². The maximum atomic E-state index is 12.1. The summed E-state index contributed by atoms with van der Waals surface area (Å²) in [5, 5.41) is 2.82. The van der Waals surface area contributed by atoms with Crippen LogP contribution in [-0.2, 0) is 14.3 Å². The van der Waals surface area contributed by atoms with Gasteiger partial charge in [-0.2, -0.15) is 0 Å². The molecule has 7 nitrogen and oxygen atoms in total. The fourth-order valence-corrected chi connectivity index (χ4v) is 2.67. The third-order valence-electron chi connectivity index (χ3n) is 3.90. The molecule has 0 aliphatic carbocycles. The molecule has 0 saturated carbocycles. The maximum Gasteiger partial charge on any atom is 0.240 e. The third kappa shape index (κ3) is 3.73. The molecule has 7 heteroatoms. The summed E-state index contributed by atoms with van der Waals surface area (Å²) in [6.07, 6.45) is 2.06. The quantitative estimate of drug-likeness (QED) is 0.878. The minimum atomic E-state index is -0.214. The van der Waals surface area contributed by atoms with Crippen molar-refractivity contribution in [2.45, 2.75) is 25.9 Å². The standard InChI is InChI=1S/C16H20N2O5/c1-11(19)18(9-16(20)17-8-13-3-2-6-21-13)12-4-5-14-15(7-12)23-10-22-14/h4-5,7,13H,2-3,6,8-10H2,1H3,(H,17,20). The van der Waals surface area contributed by atoms with Crippen LogP contribution in [-0.4, -0.2) is 44.4 Å². The summed E-state index contributed by atoms with van der Waals surface area (Å²) in [5.74, 6) is 0.790. The summed E-state index contributed by atoms with van der Waals surface area (Å²) in [7, 11) is 0. The molecule has 2 heterocycles. The highest BCUT2D eigenvalue weighted by molar-refractivity contribution is 5.97. The van der Waals surface area contributed by atoms with Crippen molar-refractivity contribution < 1.29 is 23.8 Å². The summed E-state index contributed by atoms with van der Waals surface area (Å²) in [6, 6.07) is 5.18. The summed E-state index contributed by atoms with van der Waals surface area (Å²) in [6.45, 7) is 2.78. The van der Waals surface area contributed by atoms with E-state index in [4.69, 9.17) is 14.2 Å². The Hall–Kier alpha value is -2.28. The van der Waals surface area contributed by atoms with Crippen molar-refractivity contribution in [3.8, 4) is 11.5 Å². The average molecular weight is 320 g/mol. The first-order chi connectivity index (χ1) is 11.1. The van der Waals surface area contributed by atoms with Crippen molar-refractivity contribution in [2.75, 3.05) is 31.4 Å². The van der Waals surface area contributed by atoms with Crippen LogP contribution in [0.2, 0.25) is 0 Å². The summed E-state index contributed by atoms with van der Waals surface area (Å²) >= 11 is 0. The molecular weight excluding hydrogens is 300 g/mol. The van der Waals surface area contributed by atoms with E-state index < -0.39 is 0 Å². The second-order valence-electron chi connectivity index (χ2n) is 5.58. The highest BCUT2D eigenvalue weighted by Gasteiger charge is 2.21. The molecule has 0 bridgehead atoms. The van der Waals surface area contributed by atoms with Gasteiger partial charge >= 0.3 is 0 Å². The lowest BCUT2D eigenvalue weighted by Crippen LogP contribution is -2.42. The molecule has 0 spiro atoms. The second kappa shape index (κ2) is 6.87. The molecule has 2 aliphatic rings. The number of benzene rings is 1. The van der Waals surface area contributed by atoms with E-state index in [1.807, 2.05) is 0 Å². The van der Waals surface area contributed by atoms with Crippen LogP contribution in [0, 0.1) is 0 Å². The summed E-state index contributed by atoms with van der Waals surface area (Å²) in [4.78, 5) is 25.4. The van der Waals surface area contributed by atoms with Crippen molar-refractivity contribution in [2.24, 2.45) is 0 Å². The fraction of sp³-hybridized carbons (Fsp3) is 0.500. The van der Waals surface area contributed by atoms with Crippen molar-refractivity contribution in [3.63, 3.8) is 0 Å². The number of anilines is 1. The van der Waals surface area contributed by atoms with E-state index in [-0.39, 0.29) is 31.3 Å². The topological polar surface area (TPSA) is 77.1 Å². The molecule has 0 aromatic heterocycles. The Morgan fingerprint density at radius 3 is 2.87 bits per heavy atom. The SMILES string of the molecule is CC(=O)N(CC(=O)NCC1CCCO1)c1ccc2c(c1)OCO2. The lowest BCUT2D eigenvalue weighted by Gasteiger charge is -2.21. The van der Waals surface area contributed by atoms with Gasteiger partial charge in [0, 0.05) is 31.8 Å². The smallest absolute Gasteiger partial charge is 0.240 e. The van der Waals surface area contributed by atoms with Crippen LogP contribution in [0.3, 0.4) is 0 Å². The van der Waals surface area contributed by atoms with Gasteiger partial charge in [-0.1, -0.05) is 0 Å². The van der Waals surface area contributed by atoms with Crippen LogP contribution in [0.5, 0.6) is 11.5 Å². The van der Waals surface area contributed by atoms with Gasteiger partial charge in [-0.3, -0.25) is 9.59 Å². The van der Waals surface area contributed by atoms with Crippen molar-refractivity contribution in [3.05, 3.63) is 18.2 Å². The Kier molecular flexibility index (Phi) is 4.66. The number of hydrogen-bond donors (Lipinski definition) is 1. The summed E-state index contributed by atoms with van der Waals surface area (Å²) in [5.41, 5.74) is 0.606. The van der Waals surface area contributed by atoms with Crippen LogP contribution in [0.4, 0.5) is 5.69 Å². The molecule has 1 N–H and O–H groups in total. The van der Waals surface area contributed by atoms with Crippen molar-refractivity contribution in [1.82, 2.24) is 5.32 Å². The third-order valence-corrected chi connectivity index (χ3v) is 3.90. The average Bonchev–Trinajstić information content (AvgIpc) is 3.20. The number of nitrogens with zero attached hydrogens (tertiary/aromatic N) is 1. The molecule has 0 radical (unpaired) electrons. The number of hydrogen-bond acceptors (Lipinski definition) is 5. The van der Waals surface area contributed by atoms with E-state index in [0.29, 0.717) is 23.7 Å². The molecule has 3 rings (SSSR count). The van der Waals surface area contributed by atoms with Gasteiger partial charge in [-0.25, -0.2) is 0 Å². The van der Waals surface area contributed by atoms with Gasteiger partial charge in [0.2, 0.25) is 18.6 Å². The van der Waals surface area contributed by atoms with Crippen molar-refractivity contribution >= 4 is 17.5 Å². The van der Waals surface area contributed by atoms with Gasteiger partial charge in [0.25, 0.3) is 0 Å². The maximum absolute atomic E-state index is 12.1. The zero-order chi connectivity index (χ0) is 16.2. The Balaban J connectivity index is 1.62. The number of rotatable bonds is 5. The number of nitrogens with one attached hydrogen (secondary N) is 1. The fourth-order valence-electron chi connectivity index (χ4n) is 2.67. The molecule has 1 unspecified atom stereocenters. The van der Waals surface area contributed by atoms with Gasteiger partial charge in [-0.15, -0.1) is 0 Å². The van der Waals surface area contributed by atoms with Gasteiger partial charge in [-0.05, 0) is 25.0 Å². The predicted octanol–water partition coefficient (Wildman–Crippen LogP) is 1.06. The second-order valence-corrected chi connectivity index (χ2v) is 5.58. The molecular formula is C16H20N2O5. The normalized spacial score (nSPS) is 18.7. The van der Waals surface area contributed by atoms with Crippen LogP contribution in [0.1, 0.15) is 19.8 Å². The highest BCUT2D eigenvalue weighted by atomic mass is 16.7. The number of fused-ring (bicyclic) bond motifs is 1. The van der Waals surface area contributed by atoms with Crippen LogP contribution in [0.15, 0.2) is 18.2 Å². The van der Waals surface area contributed by atoms with Gasteiger partial charge in [0.1, 0.15) is 6.54 Å². The molecule has 124 valence electrons. The van der Waals surface area contributed by atoms with E-state index in [1.54, 1.807) is 18.2 Å². The largest absolute Gasteiger partial charge is 0.454 e. The van der Waals surface area contributed by atoms with E-state index in [2.05, 4.69) is 5.32 Å². The highest BCUT2D eigenvalue weighted by Crippen LogP contribution is 2.35. The molecule has 23 heavy (non-hydrogen) atoms. The van der Waals surface area contributed by atoms with E-state index >= 15 is 0 Å². The molecule has 1 atom stereocenters. The molecule has 1 saturated heterocycles. The van der Waals surface area contributed by atoms with Crippen LogP contribution >= 0.6 is 0 Å². The molecule has 2 amide bonds. The Bertz CT molecular complexity index is 598. The number of carbonyl (C=O) groups excluding carboxylic acids is 2. The Labute approximate surface area is 134 Å². The first kappa shape index (κ1) is 15.6. The minimum Gasteiger partial charge on any atom is -0.454 e. The molecule has 1 fully saturated rings. The van der Waals surface area contributed by atoms with E-state index in [0.717, 1.165) is 19.4 Å². The van der Waals surface area contributed by atoms with Crippen molar-refractivity contribution in [1.29, 1.82) is 0 Å². The minimum absolute atomic E-state index is 0.0400. The number of ether oxygens (including phenoxy) is 3. The lowest BCUT2D eigenvalue weighted by molar-refractivity contribution is -0.123.